The highest BCUT2D eigenvalue weighted by Gasteiger charge is 2.02. The fourth-order valence-corrected chi connectivity index (χ4v) is 0.699. The van der Waals surface area contributed by atoms with Crippen molar-refractivity contribution in [2.45, 2.75) is 26.2 Å². The fourth-order valence-electron chi connectivity index (χ4n) is 0.699. The van der Waals surface area contributed by atoms with Crippen LogP contribution in [-0.2, 0) is 9.53 Å². The molecule has 4 heteroatoms. The molecule has 0 amide bonds. The van der Waals surface area contributed by atoms with Gasteiger partial charge in [-0.15, -0.1) is 0 Å². The maximum absolute atomic E-state index is 10.7. The molecule has 0 unspecified atom stereocenters. The van der Waals surface area contributed by atoms with Crippen LogP contribution < -0.4 is 0 Å². The van der Waals surface area contributed by atoms with Crippen LogP contribution in [0.5, 0.6) is 0 Å². The van der Waals surface area contributed by atoms with E-state index in [-0.39, 0.29) is 18.1 Å². The number of hydrogen-bond donors (Lipinski definition) is 1. The summed E-state index contributed by atoms with van der Waals surface area (Å²) < 4.78 is 4.66. The number of hydrogen-bond acceptors (Lipinski definition) is 4. The Bertz CT molecular complexity index is 206. The van der Waals surface area contributed by atoms with E-state index in [9.17, 15) is 4.79 Å². The van der Waals surface area contributed by atoms with Crippen molar-refractivity contribution in [2.75, 3.05) is 6.61 Å². The minimum Gasteiger partial charge on any atom is -0.466 e. The molecule has 1 N–H and O–H groups in total. The summed E-state index contributed by atoms with van der Waals surface area (Å²) >= 11 is 0. The van der Waals surface area contributed by atoms with E-state index in [0.717, 1.165) is 0 Å². The molecule has 4 nitrogen and oxygen atoms in total. The molecule has 0 aromatic rings. The smallest absolute Gasteiger partial charge is 0.305 e. The predicted molar refractivity (Wildman–Crippen MR) is 43.8 cm³/mol. The maximum Gasteiger partial charge on any atom is 0.305 e. The lowest BCUT2D eigenvalue weighted by molar-refractivity contribution is -0.143. The molecule has 0 atom stereocenters. The molecular formula is C8H12N2O2. The highest BCUT2D eigenvalue weighted by atomic mass is 16.5. The largest absolute Gasteiger partial charge is 0.466 e. The van der Waals surface area contributed by atoms with Gasteiger partial charge in [-0.05, 0) is 19.8 Å². The maximum atomic E-state index is 10.7. The van der Waals surface area contributed by atoms with Crippen molar-refractivity contribution in [2.24, 2.45) is 0 Å². The van der Waals surface area contributed by atoms with E-state index in [4.69, 9.17) is 10.7 Å². The van der Waals surface area contributed by atoms with Crippen LogP contribution in [0.3, 0.4) is 0 Å². The van der Waals surface area contributed by atoms with E-state index in [1.807, 2.05) is 0 Å². The van der Waals surface area contributed by atoms with Crippen LogP contribution in [0.1, 0.15) is 26.2 Å². The molecule has 0 aromatic heterocycles. The number of rotatable bonds is 5. The lowest BCUT2D eigenvalue weighted by Gasteiger charge is -1.99. The highest BCUT2D eigenvalue weighted by molar-refractivity contribution is 5.95. The third-order valence-corrected chi connectivity index (χ3v) is 1.25. The lowest BCUT2D eigenvalue weighted by Crippen LogP contribution is -2.04. The zero-order chi connectivity index (χ0) is 9.40. The van der Waals surface area contributed by atoms with Gasteiger partial charge in [0.1, 0.15) is 11.8 Å². The molecule has 0 spiro atoms. The molecule has 0 heterocycles. The molecule has 0 aliphatic rings. The topological polar surface area (TPSA) is 73.9 Å². The Morgan fingerprint density at radius 2 is 2.25 bits per heavy atom. The fraction of sp³-hybridized carbons (Fsp3) is 0.625. The zero-order valence-electron chi connectivity index (χ0n) is 7.09. The predicted octanol–water partition coefficient (Wildman–Crippen LogP) is 1.26. The number of carbonyl (C=O) groups excluding carboxylic acids is 1. The quantitative estimate of drug-likeness (QED) is 0.496. The summed E-state index contributed by atoms with van der Waals surface area (Å²) in [4.78, 5) is 10.7. The first-order chi connectivity index (χ1) is 5.70. The second-order valence-electron chi connectivity index (χ2n) is 2.25. The number of nitrogens with one attached hydrogen (secondary N) is 1. The van der Waals surface area contributed by atoms with Crippen molar-refractivity contribution in [1.82, 2.24) is 0 Å². The van der Waals surface area contributed by atoms with Crippen molar-refractivity contribution in [3.8, 4) is 6.07 Å². The van der Waals surface area contributed by atoms with E-state index in [1.54, 1.807) is 13.0 Å². The van der Waals surface area contributed by atoms with Crippen LogP contribution in [0.25, 0.3) is 0 Å². The van der Waals surface area contributed by atoms with Crippen LogP contribution >= 0.6 is 0 Å². The molecule has 0 radical (unpaired) electrons. The minimum absolute atomic E-state index is 0.0132. The van der Waals surface area contributed by atoms with Crippen molar-refractivity contribution in [1.29, 1.82) is 10.7 Å². The minimum atomic E-state index is -0.261. The summed E-state index contributed by atoms with van der Waals surface area (Å²) in [6.45, 7) is 2.13. The van der Waals surface area contributed by atoms with E-state index >= 15 is 0 Å². The number of nitrogens with zero attached hydrogens (tertiary/aromatic N) is 1. The molecular weight excluding hydrogens is 156 g/mol. The Morgan fingerprint density at radius 1 is 1.58 bits per heavy atom. The van der Waals surface area contributed by atoms with Gasteiger partial charge in [0.25, 0.3) is 0 Å². The van der Waals surface area contributed by atoms with Gasteiger partial charge in [0.15, 0.2) is 0 Å². The monoisotopic (exact) mass is 168 g/mol. The molecule has 0 saturated heterocycles. The Hall–Kier alpha value is -1.37. The van der Waals surface area contributed by atoms with Crippen LogP contribution in [-0.4, -0.2) is 18.3 Å². The SMILES string of the molecule is CCOC(=O)CCCC(=N)C#N. The van der Waals surface area contributed by atoms with Gasteiger partial charge >= 0.3 is 5.97 Å². The molecule has 0 fully saturated rings. The summed E-state index contributed by atoms with van der Waals surface area (Å²) in [6.07, 6.45) is 1.17. The number of carbonyl (C=O) groups is 1. The molecule has 0 aromatic carbocycles. The van der Waals surface area contributed by atoms with E-state index in [0.29, 0.717) is 19.4 Å². The first-order valence-electron chi connectivity index (χ1n) is 3.83. The van der Waals surface area contributed by atoms with Crippen LogP contribution in [0, 0.1) is 16.7 Å². The molecule has 0 bridgehead atoms. The van der Waals surface area contributed by atoms with Crippen molar-refractivity contribution >= 4 is 11.7 Å². The molecule has 0 aliphatic heterocycles. The first-order valence-corrected chi connectivity index (χ1v) is 3.83. The van der Waals surface area contributed by atoms with Gasteiger partial charge < -0.3 is 4.74 Å². The van der Waals surface area contributed by atoms with Gasteiger partial charge in [-0.1, -0.05) is 0 Å². The summed E-state index contributed by atoms with van der Waals surface area (Å²) in [7, 11) is 0. The third kappa shape index (κ3) is 5.42. The average Bonchev–Trinajstić information content (AvgIpc) is 2.04. The van der Waals surface area contributed by atoms with Crippen LogP contribution in [0.15, 0.2) is 0 Å². The Kier molecular flexibility index (Phi) is 5.62. The Labute approximate surface area is 71.6 Å². The van der Waals surface area contributed by atoms with Gasteiger partial charge in [0, 0.05) is 6.42 Å². The number of ether oxygens (including phenoxy) is 1. The average molecular weight is 168 g/mol. The van der Waals surface area contributed by atoms with Crippen LogP contribution in [0.2, 0.25) is 0 Å². The second-order valence-corrected chi connectivity index (χ2v) is 2.25. The van der Waals surface area contributed by atoms with Crippen molar-refractivity contribution < 1.29 is 9.53 Å². The van der Waals surface area contributed by atoms with Gasteiger partial charge in [0.2, 0.25) is 0 Å². The molecule has 12 heavy (non-hydrogen) atoms. The lowest BCUT2D eigenvalue weighted by atomic mass is 10.2. The summed E-state index contributed by atoms with van der Waals surface area (Å²) in [5, 5.41) is 15.2. The number of esters is 1. The van der Waals surface area contributed by atoms with Gasteiger partial charge in [0.05, 0.1) is 6.61 Å². The Morgan fingerprint density at radius 3 is 2.75 bits per heavy atom. The summed E-state index contributed by atoms with van der Waals surface area (Å²) in [5.41, 5.74) is 0.0132. The van der Waals surface area contributed by atoms with E-state index < -0.39 is 0 Å². The standard InChI is InChI=1S/C8H12N2O2/c1-2-12-8(11)5-3-4-7(10)6-9/h10H,2-5H2,1H3. The van der Waals surface area contributed by atoms with Crippen LogP contribution in [0.4, 0.5) is 0 Å². The molecule has 0 saturated carbocycles. The molecule has 66 valence electrons. The van der Waals surface area contributed by atoms with E-state index in [2.05, 4.69) is 4.74 Å². The zero-order valence-corrected chi connectivity index (χ0v) is 7.09. The highest BCUT2D eigenvalue weighted by Crippen LogP contribution is 1.98. The van der Waals surface area contributed by atoms with E-state index in [1.165, 1.54) is 0 Å². The molecule has 0 rings (SSSR count). The Balaban J connectivity index is 3.38. The van der Waals surface area contributed by atoms with Crippen molar-refractivity contribution in [3.63, 3.8) is 0 Å². The summed E-state index contributed by atoms with van der Waals surface area (Å²) in [5.74, 6) is -0.261. The normalized spacial score (nSPS) is 8.67. The second kappa shape index (κ2) is 6.35. The van der Waals surface area contributed by atoms with Gasteiger partial charge in [-0.3, -0.25) is 10.2 Å². The summed E-state index contributed by atoms with van der Waals surface area (Å²) in [6, 6.07) is 1.70. The third-order valence-electron chi connectivity index (χ3n) is 1.25. The first kappa shape index (κ1) is 10.6. The molecule has 0 aliphatic carbocycles. The van der Waals surface area contributed by atoms with Gasteiger partial charge in [-0.2, -0.15) is 5.26 Å². The van der Waals surface area contributed by atoms with Crippen molar-refractivity contribution in [3.05, 3.63) is 0 Å². The van der Waals surface area contributed by atoms with Gasteiger partial charge in [-0.25, -0.2) is 0 Å². The number of nitriles is 1.